The summed E-state index contributed by atoms with van der Waals surface area (Å²) in [4.78, 5) is 24.4. The van der Waals surface area contributed by atoms with Crippen molar-refractivity contribution in [2.45, 2.75) is 25.8 Å². The normalized spacial score (nSPS) is 11.2. The number of benzene rings is 3. The predicted molar refractivity (Wildman–Crippen MR) is 128 cm³/mol. The summed E-state index contributed by atoms with van der Waals surface area (Å²) in [6.07, 6.45) is 6.11. The number of ketones is 2. The fourth-order valence-electron chi connectivity index (χ4n) is 3.70. The lowest BCUT2D eigenvalue weighted by atomic mass is 10.0. The monoisotopic (exact) mass is 423 g/mol. The van der Waals surface area contributed by atoms with Crippen LogP contribution in [0.5, 0.6) is 5.75 Å². The molecular formula is C28H25NO3. The number of fused-ring (bicyclic) bond motifs is 1. The van der Waals surface area contributed by atoms with Crippen molar-refractivity contribution in [1.82, 2.24) is 4.57 Å². The number of rotatable bonds is 9. The van der Waals surface area contributed by atoms with Crippen molar-refractivity contribution in [2.75, 3.05) is 0 Å². The molecule has 0 atom stereocenters. The fourth-order valence-corrected chi connectivity index (χ4v) is 3.70. The number of phenols is 1. The highest BCUT2D eigenvalue weighted by Crippen LogP contribution is 2.20. The maximum absolute atomic E-state index is 12.3. The molecule has 1 aromatic heterocycles. The molecule has 0 aliphatic heterocycles. The van der Waals surface area contributed by atoms with Gasteiger partial charge < -0.3 is 9.67 Å². The van der Waals surface area contributed by atoms with E-state index >= 15 is 0 Å². The van der Waals surface area contributed by atoms with Crippen LogP contribution in [0.4, 0.5) is 0 Å². The van der Waals surface area contributed by atoms with Gasteiger partial charge in [0.1, 0.15) is 11.5 Å². The Bertz CT molecular complexity index is 1250. The van der Waals surface area contributed by atoms with Crippen LogP contribution in [-0.4, -0.2) is 21.2 Å². The van der Waals surface area contributed by atoms with Gasteiger partial charge in [0.2, 0.25) is 0 Å². The number of aryl methyl sites for hydroxylation is 1. The van der Waals surface area contributed by atoms with E-state index in [-0.39, 0.29) is 23.7 Å². The van der Waals surface area contributed by atoms with Crippen LogP contribution >= 0.6 is 0 Å². The number of hydrogen-bond acceptors (Lipinski definition) is 3. The average Bonchev–Trinajstić information content (AvgIpc) is 3.20. The Kier molecular flexibility index (Phi) is 6.61. The highest BCUT2D eigenvalue weighted by molar-refractivity contribution is 6.06. The average molecular weight is 424 g/mol. The van der Waals surface area contributed by atoms with Gasteiger partial charge in [0.25, 0.3) is 0 Å². The maximum atomic E-state index is 12.3. The second-order valence-electron chi connectivity index (χ2n) is 7.93. The van der Waals surface area contributed by atoms with Gasteiger partial charge >= 0.3 is 0 Å². The molecule has 0 fully saturated rings. The van der Waals surface area contributed by atoms with Crippen molar-refractivity contribution in [1.29, 1.82) is 0 Å². The van der Waals surface area contributed by atoms with E-state index in [4.69, 9.17) is 0 Å². The quantitative estimate of drug-likeness (QED) is 0.283. The molecule has 0 aliphatic carbocycles. The second kappa shape index (κ2) is 9.92. The third-order valence-corrected chi connectivity index (χ3v) is 5.46. The number of aromatic hydroxyl groups is 1. The third-order valence-electron chi connectivity index (χ3n) is 5.46. The Balaban J connectivity index is 1.36. The summed E-state index contributed by atoms with van der Waals surface area (Å²) < 4.78 is 2.19. The number of phenolic OH excluding ortho intramolecular Hbond substituents is 1. The molecule has 0 amide bonds. The predicted octanol–water partition coefficient (Wildman–Crippen LogP) is 5.57. The molecule has 1 heterocycles. The van der Waals surface area contributed by atoms with E-state index in [0.29, 0.717) is 12.8 Å². The Morgan fingerprint density at radius 3 is 2.44 bits per heavy atom. The van der Waals surface area contributed by atoms with Crippen molar-refractivity contribution in [3.63, 3.8) is 0 Å². The molecule has 0 saturated heterocycles. The highest BCUT2D eigenvalue weighted by atomic mass is 16.3. The molecule has 1 N–H and O–H groups in total. The van der Waals surface area contributed by atoms with E-state index in [1.807, 2.05) is 30.3 Å². The lowest BCUT2D eigenvalue weighted by Crippen LogP contribution is -2.06. The summed E-state index contributed by atoms with van der Waals surface area (Å²) in [5.41, 5.74) is 4.22. The van der Waals surface area contributed by atoms with Crippen LogP contribution < -0.4 is 0 Å². The minimum Gasteiger partial charge on any atom is -0.508 e. The Morgan fingerprint density at radius 2 is 1.66 bits per heavy atom. The summed E-state index contributed by atoms with van der Waals surface area (Å²) in [5.74, 6) is -0.0775. The number of hydrogen-bond donors (Lipinski definition) is 1. The molecule has 32 heavy (non-hydrogen) atoms. The number of Topliss-reactive ketones (excluding diaryl/α,β-unsaturated/α-hetero) is 1. The van der Waals surface area contributed by atoms with Gasteiger partial charge in [0.15, 0.2) is 5.78 Å². The molecule has 4 nitrogen and oxygen atoms in total. The van der Waals surface area contributed by atoms with Gasteiger partial charge in [-0.2, -0.15) is 0 Å². The van der Waals surface area contributed by atoms with Crippen molar-refractivity contribution in [3.8, 4) is 5.75 Å². The summed E-state index contributed by atoms with van der Waals surface area (Å²) in [6, 6.07) is 25.2. The largest absolute Gasteiger partial charge is 0.508 e. The highest BCUT2D eigenvalue weighted by Gasteiger charge is 2.08. The lowest BCUT2D eigenvalue weighted by molar-refractivity contribution is -0.124. The molecule has 0 bridgehead atoms. The summed E-state index contributed by atoms with van der Waals surface area (Å²) in [6.45, 7) is 0.784. The van der Waals surface area contributed by atoms with Crippen LogP contribution in [0, 0.1) is 0 Å². The van der Waals surface area contributed by atoms with Crippen LogP contribution in [0.25, 0.3) is 17.0 Å². The molecule has 3 aromatic carbocycles. The first-order valence-corrected chi connectivity index (χ1v) is 10.7. The standard InChI is InChI=1S/C28H25NO3/c30-25-12-7-21(8-13-25)9-14-26(31)19-27(32)15-10-22-6-11-24-16-17-29(28(24)18-22)20-23-4-2-1-3-5-23/h1-8,10-13,15-18,30H,9,14,19-20H2. The molecule has 4 aromatic rings. The number of carbonyl (C=O) groups is 2. The van der Waals surface area contributed by atoms with Crippen LogP contribution in [0.1, 0.15) is 29.5 Å². The number of allylic oxidation sites excluding steroid dienone is 1. The summed E-state index contributed by atoms with van der Waals surface area (Å²) >= 11 is 0. The van der Waals surface area contributed by atoms with E-state index in [2.05, 4.69) is 35.0 Å². The molecule has 0 unspecified atom stereocenters. The van der Waals surface area contributed by atoms with Gasteiger partial charge in [-0.05, 0) is 58.8 Å². The fraction of sp³-hybridized carbons (Fsp3) is 0.143. The molecule has 160 valence electrons. The number of aromatic nitrogens is 1. The third kappa shape index (κ3) is 5.61. The van der Waals surface area contributed by atoms with Crippen molar-refractivity contribution in [3.05, 3.63) is 108 Å². The zero-order valence-corrected chi connectivity index (χ0v) is 17.8. The lowest BCUT2D eigenvalue weighted by Gasteiger charge is -2.06. The molecule has 0 spiro atoms. The zero-order valence-electron chi connectivity index (χ0n) is 17.8. The SMILES string of the molecule is O=C(C=Cc1ccc2ccn(Cc3ccccc3)c2c1)CC(=O)CCc1ccc(O)cc1. The topological polar surface area (TPSA) is 59.3 Å². The Labute approximate surface area is 187 Å². The Morgan fingerprint density at radius 1 is 0.875 bits per heavy atom. The second-order valence-corrected chi connectivity index (χ2v) is 7.93. The van der Waals surface area contributed by atoms with E-state index in [1.165, 1.54) is 11.6 Å². The Hall–Kier alpha value is -3.92. The number of nitrogens with zero attached hydrogens (tertiary/aromatic N) is 1. The van der Waals surface area contributed by atoms with E-state index in [1.54, 1.807) is 30.3 Å². The molecular weight excluding hydrogens is 398 g/mol. The minimum atomic E-state index is -0.194. The van der Waals surface area contributed by atoms with Crippen LogP contribution in [-0.2, 0) is 22.6 Å². The smallest absolute Gasteiger partial charge is 0.163 e. The van der Waals surface area contributed by atoms with Gasteiger partial charge in [-0.25, -0.2) is 0 Å². The molecule has 0 aliphatic rings. The van der Waals surface area contributed by atoms with E-state index < -0.39 is 0 Å². The minimum absolute atomic E-state index is 0.0834. The zero-order chi connectivity index (χ0) is 22.3. The molecule has 0 radical (unpaired) electrons. The van der Waals surface area contributed by atoms with Crippen LogP contribution in [0.2, 0.25) is 0 Å². The molecule has 4 heteroatoms. The van der Waals surface area contributed by atoms with Gasteiger partial charge in [-0.1, -0.05) is 60.7 Å². The molecule has 4 rings (SSSR count). The van der Waals surface area contributed by atoms with E-state index in [0.717, 1.165) is 28.6 Å². The first kappa shape index (κ1) is 21.3. The molecule has 0 saturated carbocycles. The van der Waals surface area contributed by atoms with Crippen molar-refractivity contribution >= 4 is 28.5 Å². The maximum Gasteiger partial charge on any atom is 0.163 e. The first-order chi connectivity index (χ1) is 15.6. The van der Waals surface area contributed by atoms with Crippen molar-refractivity contribution < 1.29 is 14.7 Å². The number of carbonyl (C=O) groups excluding carboxylic acids is 2. The first-order valence-electron chi connectivity index (χ1n) is 10.7. The van der Waals surface area contributed by atoms with Crippen LogP contribution in [0.15, 0.2) is 91.1 Å². The van der Waals surface area contributed by atoms with E-state index in [9.17, 15) is 14.7 Å². The van der Waals surface area contributed by atoms with Crippen molar-refractivity contribution in [2.24, 2.45) is 0 Å². The van der Waals surface area contributed by atoms with Gasteiger partial charge in [-0.3, -0.25) is 9.59 Å². The van der Waals surface area contributed by atoms with Gasteiger partial charge in [0, 0.05) is 24.7 Å². The van der Waals surface area contributed by atoms with Crippen LogP contribution in [0.3, 0.4) is 0 Å². The summed E-state index contributed by atoms with van der Waals surface area (Å²) in [7, 11) is 0. The summed E-state index contributed by atoms with van der Waals surface area (Å²) in [5, 5.41) is 10.5. The van der Waals surface area contributed by atoms with Gasteiger partial charge in [-0.15, -0.1) is 0 Å². The van der Waals surface area contributed by atoms with Gasteiger partial charge in [0.05, 0.1) is 6.42 Å².